The molecule has 0 fully saturated rings. The molecular formula is C18H23N3O5S2. The summed E-state index contributed by atoms with van der Waals surface area (Å²) >= 11 is 4.87. The molecule has 8 nitrogen and oxygen atoms in total. The Morgan fingerprint density at radius 1 is 1.32 bits per heavy atom. The lowest BCUT2D eigenvalue weighted by molar-refractivity contribution is -0.121. The first-order valence-corrected chi connectivity index (χ1v) is 10.4. The summed E-state index contributed by atoms with van der Waals surface area (Å²) < 4.78 is 37.6. The Balaban J connectivity index is 2.20. The lowest BCUT2D eigenvalue weighted by atomic mass is 10.1. The maximum absolute atomic E-state index is 12.6. The first-order chi connectivity index (χ1) is 13.3. The van der Waals surface area contributed by atoms with Gasteiger partial charge in [-0.05, 0) is 42.4 Å². The van der Waals surface area contributed by atoms with Crippen LogP contribution in [0, 0.1) is 0 Å². The van der Waals surface area contributed by atoms with Crippen LogP contribution >= 0.6 is 12.2 Å². The number of nitrogens with one attached hydrogen (secondary N) is 3. The molecule has 0 bridgehead atoms. The second-order valence-corrected chi connectivity index (χ2v) is 7.99. The minimum Gasteiger partial charge on any atom is -0.495 e. The van der Waals surface area contributed by atoms with E-state index in [9.17, 15) is 13.2 Å². The molecule has 0 spiro atoms. The summed E-state index contributed by atoms with van der Waals surface area (Å²) in [5, 5.41) is 5.42. The highest BCUT2D eigenvalue weighted by Crippen LogP contribution is 2.25. The highest BCUT2D eigenvalue weighted by atomic mass is 32.2. The summed E-state index contributed by atoms with van der Waals surface area (Å²) in [5.74, 6) is -0.0827. The molecule has 152 valence electrons. The quantitative estimate of drug-likeness (QED) is 0.554. The average Bonchev–Trinajstić information content (AvgIpc) is 3.20. The zero-order valence-electron chi connectivity index (χ0n) is 15.8. The predicted octanol–water partition coefficient (Wildman–Crippen LogP) is 1.88. The summed E-state index contributed by atoms with van der Waals surface area (Å²) in [5.41, 5.74) is 1.40. The number of thiocarbonyl (C=S) groups is 1. The fourth-order valence-electron chi connectivity index (χ4n) is 2.59. The number of carbonyl (C=O) groups is 1. The number of ether oxygens (including phenoxy) is 1. The van der Waals surface area contributed by atoms with Crippen LogP contribution in [0.4, 0.5) is 0 Å². The van der Waals surface area contributed by atoms with Crippen molar-refractivity contribution in [3.63, 3.8) is 0 Å². The van der Waals surface area contributed by atoms with Crippen molar-refractivity contribution >= 4 is 33.3 Å². The Hall–Kier alpha value is -2.59. The summed E-state index contributed by atoms with van der Waals surface area (Å²) in [4.78, 5) is 12.4. The van der Waals surface area contributed by atoms with Gasteiger partial charge in [0.15, 0.2) is 5.11 Å². The van der Waals surface area contributed by atoms with Gasteiger partial charge >= 0.3 is 0 Å². The molecular weight excluding hydrogens is 402 g/mol. The third-order valence-corrected chi connectivity index (χ3v) is 5.83. The number of rotatable bonds is 8. The highest BCUT2D eigenvalue weighted by molar-refractivity contribution is 7.92. The summed E-state index contributed by atoms with van der Waals surface area (Å²) in [7, 11) is -1.08. The van der Waals surface area contributed by atoms with Gasteiger partial charge in [0.2, 0.25) is 5.91 Å². The van der Waals surface area contributed by atoms with Crippen LogP contribution < -0.4 is 20.1 Å². The van der Waals surface area contributed by atoms with Gasteiger partial charge in [-0.2, -0.15) is 0 Å². The minimum atomic E-state index is -3.96. The predicted molar refractivity (Wildman–Crippen MR) is 109 cm³/mol. The minimum absolute atomic E-state index is 0.0112. The molecule has 0 aliphatic rings. The summed E-state index contributed by atoms with van der Waals surface area (Å²) in [6.45, 7) is 1.95. The maximum atomic E-state index is 12.6. The summed E-state index contributed by atoms with van der Waals surface area (Å²) in [6, 6.07) is 6.17. The van der Waals surface area contributed by atoms with E-state index in [4.69, 9.17) is 21.4 Å². The van der Waals surface area contributed by atoms with Gasteiger partial charge in [-0.3, -0.25) is 9.52 Å². The number of furan rings is 1. The van der Waals surface area contributed by atoms with E-state index in [1.165, 1.54) is 26.3 Å². The molecule has 1 aromatic carbocycles. The van der Waals surface area contributed by atoms with E-state index in [2.05, 4.69) is 15.4 Å². The van der Waals surface area contributed by atoms with E-state index in [0.29, 0.717) is 12.0 Å². The van der Waals surface area contributed by atoms with E-state index in [1.807, 2.05) is 6.92 Å². The van der Waals surface area contributed by atoms with Crippen molar-refractivity contribution in [1.29, 1.82) is 0 Å². The Morgan fingerprint density at radius 3 is 2.64 bits per heavy atom. The fourth-order valence-corrected chi connectivity index (χ4v) is 4.10. The molecule has 1 aromatic heterocycles. The van der Waals surface area contributed by atoms with E-state index >= 15 is 0 Å². The third-order valence-electron chi connectivity index (χ3n) is 4.03. The fraction of sp³-hybridized carbons (Fsp3) is 0.333. The van der Waals surface area contributed by atoms with Crippen molar-refractivity contribution in [2.75, 3.05) is 14.2 Å². The number of amides is 1. The lowest BCUT2D eigenvalue weighted by Crippen LogP contribution is -2.37. The van der Waals surface area contributed by atoms with Gasteiger partial charge < -0.3 is 19.8 Å². The molecule has 0 radical (unpaired) electrons. The lowest BCUT2D eigenvalue weighted by Gasteiger charge is -2.16. The van der Waals surface area contributed by atoms with Crippen LogP contribution in [-0.2, 0) is 21.2 Å². The second-order valence-electron chi connectivity index (χ2n) is 5.93. The molecule has 3 N–H and O–H groups in total. The first-order valence-electron chi connectivity index (χ1n) is 8.53. The molecule has 0 aliphatic heterocycles. The molecule has 0 aliphatic carbocycles. The Kier molecular flexibility index (Phi) is 7.41. The molecule has 1 heterocycles. The standard InChI is InChI=1S/C18H23N3O5S2/c1-4-14(13-7-8-26-11-13)20-17(22)10-12-5-6-15(25-3)16(9-12)28(23,24)21-18(27)19-2/h5-9,11,14H,4,10H2,1-3H3,(H,20,22)(H2,19,21,27). The van der Waals surface area contributed by atoms with Gasteiger partial charge in [-0.1, -0.05) is 13.0 Å². The summed E-state index contributed by atoms with van der Waals surface area (Å²) in [6.07, 6.45) is 3.84. The molecule has 1 amide bonds. The van der Waals surface area contributed by atoms with Crippen LogP contribution in [0.2, 0.25) is 0 Å². The highest BCUT2D eigenvalue weighted by Gasteiger charge is 2.22. The third kappa shape index (κ3) is 5.46. The number of carbonyl (C=O) groups excluding carboxylic acids is 1. The largest absolute Gasteiger partial charge is 0.495 e. The Morgan fingerprint density at radius 2 is 2.07 bits per heavy atom. The van der Waals surface area contributed by atoms with Crippen molar-refractivity contribution in [3.05, 3.63) is 47.9 Å². The molecule has 0 saturated heterocycles. The van der Waals surface area contributed by atoms with Crippen LogP contribution in [-0.4, -0.2) is 33.6 Å². The van der Waals surface area contributed by atoms with Gasteiger partial charge in [-0.15, -0.1) is 0 Å². The average molecular weight is 426 g/mol. The molecule has 10 heteroatoms. The van der Waals surface area contributed by atoms with Crippen molar-refractivity contribution in [3.8, 4) is 5.75 Å². The van der Waals surface area contributed by atoms with Crippen LogP contribution in [0.25, 0.3) is 0 Å². The zero-order chi connectivity index (χ0) is 20.7. The van der Waals surface area contributed by atoms with Gasteiger partial charge in [-0.25, -0.2) is 8.42 Å². The second kappa shape index (κ2) is 9.56. The number of hydrogen-bond donors (Lipinski definition) is 3. The van der Waals surface area contributed by atoms with Crippen molar-refractivity contribution in [2.45, 2.75) is 30.7 Å². The number of sulfonamides is 1. The van der Waals surface area contributed by atoms with Crippen molar-refractivity contribution < 1.29 is 22.4 Å². The Labute approximate surface area is 169 Å². The van der Waals surface area contributed by atoms with Crippen molar-refractivity contribution in [1.82, 2.24) is 15.4 Å². The van der Waals surface area contributed by atoms with E-state index < -0.39 is 10.0 Å². The number of benzene rings is 1. The zero-order valence-corrected chi connectivity index (χ0v) is 17.4. The smallest absolute Gasteiger partial charge is 0.267 e. The van der Waals surface area contributed by atoms with Crippen molar-refractivity contribution in [2.24, 2.45) is 0 Å². The first kappa shape index (κ1) is 21.7. The van der Waals surface area contributed by atoms with E-state index in [0.717, 1.165) is 5.56 Å². The SMILES string of the molecule is CCC(NC(=O)Cc1ccc(OC)c(S(=O)(=O)NC(=S)NC)c1)c1ccoc1. The topological polar surface area (TPSA) is 110 Å². The van der Waals surface area contributed by atoms with Gasteiger partial charge in [0.25, 0.3) is 10.0 Å². The monoisotopic (exact) mass is 425 g/mol. The van der Waals surface area contributed by atoms with Gasteiger partial charge in [0, 0.05) is 12.6 Å². The van der Waals surface area contributed by atoms with Gasteiger partial charge in [0.1, 0.15) is 10.6 Å². The normalized spacial score (nSPS) is 12.1. The molecule has 1 unspecified atom stereocenters. The maximum Gasteiger partial charge on any atom is 0.267 e. The molecule has 28 heavy (non-hydrogen) atoms. The van der Waals surface area contributed by atoms with Gasteiger partial charge in [0.05, 0.1) is 32.1 Å². The Bertz CT molecular complexity index is 927. The van der Waals surface area contributed by atoms with Crippen LogP contribution in [0.15, 0.2) is 46.1 Å². The van der Waals surface area contributed by atoms with E-state index in [-0.39, 0.29) is 34.1 Å². The van der Waals surface area contributed by atoms with Crippen LogP contribution in [0.5, 0.6) is 5.75 Å². The molecule has 2 rings (SSSR count). The van der Waals surface area contributed by atoms with E-state index in [1.54, 1.807) is 24.7 Å². The molecule has 2 aromatic rings. The molecule has 1 atom stereocenters. The number of hydrogen-bond acceptors (Lipinski definition) is 6. The van der Waals surface area contributed by atoms with Crippen LogP contribution in [0.3, 0.4) is 0 Å². The number of methoxy groups -OCH3 is 1. The molecule has 0 saturated carbocycles. The van der Waals surface area contributed by atoms with Crippen LogP contribution in [0.1, 0.15) is 30.5 Å².